The van der Waals surface area contributed by atoms with Gasteiger partial charge >= 0.3 is 0 Å². The number of benzene rings is 1. The van der Waals surface area contributed by atoms with E-state index in [4.69, 9.17) is 4.74 Å². The second-order valence-corrected chi connectivity index (χ2v) is 7.47. The molecule has 1 N–H and O–H groups in total. The Labute approximate surface area is 139 Å². The van der Waals surface area contributed by atoms with Crippen LogP contribution in [0.4, 0.5) is 0 Å². The molecule has 0 saturated carbocycles. The summed E-state index contributed by atoms with van der Waals surface area (Å²) < 4.78 is 29.9. The highest BCUT2D eigenvalue weighted by Gasteiger charge is 2.20. The first-order chi connectivity index (χ1) is 11.0. The first-order valence-corrected chi connectivity index (χ1v) is 9.85. The van der Waals surface area contributed by atoms with Crippen LogP contribution < -0.4 is 5.32 Å². The van der Waals surface area contributed by atoms with Crippen LogP contribution in [0.1, 0.15) is 49.9 Å². The first-order valence-electron chi connectivity index (χ1n) is 8.20. The maximum atomic E-state index is 12.2. The van der Waals surface area contributed by atoms with E-state index in [1.165, 1.54) is 6.07 Å². The zero-order chi connectivity index (χ0) is 17.1. The van der Waals surface area contributed by atoms with Gasteiger partial charge in [0.1, 0.15) is 0 Å². The Balaban J connectivity index is 2.57. The van der Waals surface area contributed by atoms with Gasteiger partial charge in [-0.3, -0.25) is 4.79 Å². The third-order valence-electron chi connectivity index (χ3n) is 3.33. The van der Waals surface area contributed by atoms with E-state index in [-0.39, 0.29) is 22.1 Å². The number of amides is 1. The molecule has 6 heteroatoms. The molecule has 0 bridgehead atoms. The van der Waals surface area contributed by atoms with Gasteiger partial charge in [-0.05, 0) is 31.4 Å². The number of carbonyl (C=O) groups is 1. The SMILES string of the molecule is CCCCOCCCNC(=O)c1ccccc1S(=O)(=O)CCC. The number of hydrogen-bond acceptors (Lipinski definition) is 4. The van der Waals surface area contributed by atoms with Gasteiger partial charge in [0.2, 0.25) is 0 Å². The molecule has 0 aliphatic carbocycles. The van der Waals surface area contributed by atoms with Crippen molar-refractivity contribution in [3.05, 3.63) is 29.8 Å². The molecule has 0 unspecified atom stereocenters. The van der Waals surface area contributed by atoms with E-state index in [9.17, 15) is 13.2 Å². The Morgan fingerprint density at radius 1 is 1.09 bits per heavy atom. The molecule has 23 heavy (non-hydrogen) atoms. The Hall–Kier alpha value is -1.40. The van der Waals surface area contributed by atoms with Crippen LogP contribution in [0.3, 0.4) is 0 Å². The number of rotatable bonds is 11. The summed E-state index contributed by atoms with van der Waals surface area (Å²) in [7, 11) is -3.42. The predicted molar refractivity (Wildman–Crippen MR) is 91.5 cm³/mol. The van der Waals surface area contributed by atoms with Gasteiger partial charge in [-0.2, -0.15) is 0 Å². The molecule has 0 spiro atoms. The average molecular weight is 341 g/mol. The van der Waals surface area contributed by atoms with Crippen molar-refractivity contribution < 1.29 is 17.9 Å². The van der Waals surface area contributed by atoms with Crippen molar-refractivity contribution in [3.63, 3.8) is 0 Å². The van der Waals surface area contributed by atoms with Crippen molar-refractivity contribution in [1.29, 1.82) is 0 Å². The maximum absolute atomic E-state index is 12.2. The van der Waals surface area contributed by atoms with Crippen LogP contribution in [0.2, 0.25) is 0 Å². The average Bonchev–Trinajstić information content (AvgIpc) is 2.54. The Kier molecular flexibility index (Phi) is 8.87. The van der Waals surface area contributed by atoms with Crippen molar-refractivity contribution in [3.8, 4) is 0 Å². The molecule has 130 valence electrons. The fraction of sp³-hybridized carbons (Fsp3) is 0.588. The van der Waals surface area contributed by atoms with Crippen LogP contribution in [0, 0.1) is 0 Å². The molecule has 0 heterocycles. The minimum absolute atomic E-state index is 0.0442. The van der Waals surface area contributed by atoms with Gasteiger partial charge < -0.3 is 10.1 Å². The Bertz CT molecular complexity index is 584. The summed E-state index contributed by atoms with van der Waals surface area (Å²) in [4.78, 5) is 12.3. The van der Waals surface area contributed by atoms with Gasteiger partial charge in [0, 0.05) is 19.8 Å². The number of ether oxygens (including phenoxy) is 1. The predicted octanol–water partition coefficient (Wildman–Crippen LogP) is 2.81. The first kappa shape index (κ1) is 19.6. The number of sulfone groups is 1. The zero-order valence-electron chi connectivity index (χ0n) is 14.0. The van der Waals surface area contributed by atoms with Crippen LogP contribution in [0.25, 0.3) is 0 Å². The number of hydrogen-bond donors (Lipinski definition) is 1. The molecule has 5 nitrogen and oxygen atoms in total. The van der Waals surface area contributed by atoms with E-state index >= 15 is 0 Å². The lowest BCUT2D eigenvalue weighted by atomic mass is 10.2. The fourth-order valence-corrected chi connectivity index (χ4v) is 3.66. The summed E-state index contributed by atoms with van der Waals surface area (Å²) in [6.07, 6.45) is 3.36. The highest BCUT2D eigenvalue weighted by molar-refractivity contribution is 7.91. The molecular formula is C17H27NO4S. The smallest absolute Gasteiger partial charge is 0.252 e. The highest BCUT2D eigenvalue weighted by atomic mass is 32.2. The number of carbonyl (C=O) groups excluding carboxylic acids is 1. The van der Waals surface area contributed by atoms with E-state index in [0.29, 0.717) is 26.0 Å². The van der Waals surface area contributed by atoms with E-state index in [0.717, 1.165) is 19.4 Å². The summed E-state index contributed by atoms with van der Waals surface area (Å²) in [5.41, 5.74) is 0.216. The lowest BCUT2D eigenvalue weighted by molar-refractivity contribution is 0.0937. The monoisotopic (exact) mass is 341 g/mol. The van der Waals surface area contributed by atoms with Crippen LogP contribution in [0.15, 0.2) is 29.2 Å². The fourth-order valence-electron chi connectivity index (χ4n) is 2.12. The molecule has 1 rings (SSSR count). The molecule has 0 fully saturated rings. The summed E-state index contributed by atoms with van der Waals surface area (Å²) in [6, 6.07) is 6.36. The largest absolute Gasteiger partial charge is 0.381 e. The van der Waals surface area contributed by atoms with Gasteiger partial charge in [-0.1, -0.05) is 32.4 Å². The molecule has 0 aliphatic rings. The van der Waals surface area contributed by atoms with Crippen LogP contribution in [0.5, 0.6) is 0 Å². The van der Waals surface area contributed by atoms with E-state index in [1.807, 2.05) is 0 Å². The van der Waals surface area contributed by atoms with Gasteiger partial charge in [0.15, 0.2) is 9.84 Å². The van der Waals surface area contributed by atoms with Crippen LogP contribution in [-0.4, -0.2) is 39.8 Å². The standard InChI is InChI=1S/C17H27NO4S/c1-3-5-12-22-13-8-11-18-17(19)15-9-6-7-10-16(15)23(20,21)14-4-2/h6-7,9-10H,3-5,8,11-14H2,1-2H3,(H,18,19). The molecule has 0 atom stereocenters. The molecule has 0 aliphatic heterocycles. The second-order valence-electron chi connectivity index (χ2n) is 5.39. The van der Waals surface area contributed by atoms with Gasteiger partial charge in [-0.15, -0.1) is 0 Å². The maximum Gasteiger partial charge on any atom is 0.252 e. The lowest BCUT2D eigenvalue weighted by Crippen LogP contribution is -2.27. The Morgan fingerprint density at radius 3 is 2.48 bits per heavy atom. The third-order valence-corrected chi connectivity index (χ3v) is 5.30. The molecule has 0 saturated heterocycles. The van der Waals surface area contributed by atoms with Crippen molar-refractivity contribution in [2.24, 2.45) is 0 Å². The molecule has 1 amide bonds. The summed E-state index contributed by atoms with van der Waals surface area (Å²) in [5, 5.41) is 2.76. The van der Waals surface area contributed by atoms with Gasteiger partial charge in [-0.25, -0.2) is 8.42 Å². The summed E-state index contributed by atoms with van der Waals surface area (Å²) in [5.74, 6) is -0.309. The number of unbranched alkanes of at least 4 members (excludes halogenated alkanes) is 1. The summed E-state index contributed by atoms with van der Waals surface area (Å²) in [6.45, 7) is 5.71. The second kappa shape index (κ2) is 10.4. The lowest BCUT2D eigenvalue weighted by Gasteiger charge is -2.10. The number of nitrogens with one attached hydrogen (secondary N) is 1. The zero-order valence-corrected chi connectivity index (χ0v) is 14.8. The van der Waals surface area contributed by atoms with Crippen LogP contribution in [-0.2, 0) is 14.6 Å². The topological polar surface area (TPSA) is 72.5 Å². The van der Waals surface area contributed by atoms with Gasteiger partial charge in [0.25, 0.3) is 5.91 Å². The minimum atomic E-state index is -3.42. The van der Waals surface area contributed by atoms with E-state index in [1.54, 1.807) is 25.1 Å². The van der Waals surface area contributed by atoms with E-state index in [2.05, 4.69) is 12.2 Å². The van der Waals surface area contributed by atoms with E-state index < -0.39 is 9.84 Å². The normalized spacial score (nSPS) is 11.4. The summed E-state index contributed by atoms with van der Waals surface area (Å²) >= 11 is 0. The van der Waals surface area contributed by atoms with Crippen molar-refractivity contribution in [2.75, 3.05) is 25.5 Å². The van der Waals surface area contributed by atoms with Crippen LogP contribution >= 0.6 is 0 Å². The molecule has 1 aromatic carbocycles. The minimum Gasteiger partial charge on any atom is -0.381 e. The molecule has 1 aromatic rings. The Morgan fingerprint density at radius 2 is 1.78 bits per heavy atom. The van der Waals surface area contributed by atoms with Crippen molar-refractivity contribution >= 4 is 15.7 Å². The molecule has 0 radical (unpaired) electrons. The van der Waals surface area contributed by atoms with Gasteiger partial charge in [0.05, 0.1) is 16.2 Å². The third kappa shape index (κ3) is 6.71. The van der Waals surface area contributed by atoms with Crippen molar-refractivity contribution in [2.45, 2.75) is 44.4 Å². The quantitative estimate of drug-likeness (QED) is 0.628. The van der Waals surface area contributed by atoms with Crippen molar-refractivity contribution in [1.82, 2.24) is 5.32 Å². The molecule has 0 aromatic heterocycles. The molecular weight excluding hydrogens is 314 g/mol. The highest BCUT2D eigenvalue weighted by Crippen LogP contribution is 2.17.